The highest BCUT2D eigenvalue weighted by Crippen LogP contribution is 2.29. The van der Waals surface area contributed by atoms with Crippen molar-refractivity contribution in [2.75, 3.05) is 79.1 Å². The zero-order valence-corrected chi connectivity index (χ0v) is 40.0. The Labute approximate surface area is 409 Å². The molecule has 20 heteroatoms. The summed E-state index contributed by atoms with van der Waals surface area (Å²) in [6.07, 6.45) is 15.8. The molecule has 20 nitrogen and oxygen atoms in total. The first-order valence-corrected chi connectivity index (χ1v) is 23.9. The van der Waals surface area contributed by atoms with Crippen LogP contribution in [0.25, 0.3) is 33.3 Å². The lowest BCUT2D eigenvalue weighted by molar-refractivity contribution is 0.173. The van der Waals surface area contributed by atoms with Crippen molar-refractivity contribution in [3.05, 3.63) is 151 Å². The summed E-state index contributed by atoms with van der Waals surface area (Å²) in [5, 5.41) is 28.1. The van der Waals surface area contributed by atoms with Crippen molar-refractivity contribution in [3.8, 4) is 28.0 Å². The van der Waals surface area contributed by atoms with E-state index in [0.29, 0.717) is 31.6 Å². The standard InChI is InChI=1S/C51H54N18O2/c1-60-31-41(25-52-60)39-11-15-44-46(27-54-66(44)33-39)62-17-21-64(22-18-62)50-56-48(35-70-3)68(58-50)30-38-9-13-43(14-10-38)71-36-49-57-51(59-69(49)29-37-7-5-4-6-8-37)65-23-19-63(20-24-65)47-28-55-67-34-40(12-16-45(47)67)42-26-53-61(2)32-42/h4-16,25-28,31-34H,17-24,29-30,35-36H2,1-3H3. The van der Waals surface area contributed by atoms with E-state index >= 15 is 0 Å². The molecule has 2 aliphatic rings. The van der Waals surface area contributed by atoms with Crippen molar-refractivity contribution >= 4 is 34.3 Å². The Morgan fingerprint density at radius 2 is 0.944 bits per heavy atom. The van der Waals surface area contributed by atoms with Crippen LogP contribution in [-0.2, 0) is 45.1 Å². The van der Waals surface area contributed by atoms with Gasteiger partial charge in [-0.25, -0.2) is 18.4 Å². The molecule has 10 aromatic rings. The van der Waals surface area contributed by atoms with Crippen LogP contribution in [-0.4, -0.2) is 128 Å². The number of ether oxygens (including phenoxy) is 2. The second-order valence-electron chi connectivity index (χ2n) is 18.1. The Bertz CT molecular complexity index is 3420. The highest BCUT2D eigenvalue weighted by atomic mass is 16.5. The Kier molecular flexibility index (Phi) is 11.6. The first-order valence-electron chi connectivity index (χ1n) is 23.9. The molecule has 2 aliphatic heterocycles. The number of methoxy groups -OCH3 is 1. The summed E-state index contributed by atoms with van der Waals surface area (Å²) in [6.45, 7) is 8.15. The number of piperazine rings is 2. The molecule has 0 unspecified atom stereocenters. The zero-order valence-electron chi connectivity index (χ0n) is 40.0. The number of benzene rings is 2. The van der Waals surface area contributed by atoms with Crippen LogP contribution in [0.1, 0.15) is 22.8 Å². The molecule has 0 saturated carbocycles. The van der Waals surface area contributed by atoms with Crippen LogP contribution in [0.15, 0.2) is 128 Å². The summed E-state index contributed by atoms with van der Waals surface area (Å²) in [5.41, 5.74) is 10.9. The molecule has 2 fully saturated rings. The summed E-state index contributed by atoms with van der Waals surface area (Å²) in [7, 11) is 5.54. The van der Waals surface area contributed by atoms with Crippen molar-refractivity contribution < 1.29 is 9.47 Å². The second kappa shape index (κ2) is 18.8. The van der Waals surface area contributed by atoms with Crippen molar-refractivity contribution in [3.63, 3.8) is 0 Å². The third-order valence-electron chi connectivity index (χ3n) is 13.4. The topological polar surface area (TPSA) is 163 Å². The normalized spacial score (nSPS) is 14.4. The molecule has 71 heavy (non-hydrogen) atoms. The van der Waals surface area contributed by atoms with E-state index in [1.54, 1.807) is 7.11 Å². The van der Waals surface area contributed by atoms with Gasteiger partial charge in [0, 0.05) is 121 Å². The van der Waals surface area contributed by atoms with Gasteiger partial charge in [0.15, 0.2) is 11.6 Å². The minimum Gasteiger partial charge on any atom is -0.486 e. The quantitative estimate of drug-likeness (QED) is 0.128. The molecule has 0 bridgehead atoms. The number of hydrogen-bond donors (Lipinski definition) is 0. The molecular formula is C51H54N18O2. The van der Waals surface area contributed by atoms with Crippen LogP contribution in [0.2, 0.25) is 0 Å². The number of anilines is 4. The lowest BCUT2D eigenvalue weighted by Crippen LogP contribution is -2.47. The maximum absolute atomic E-state index is 6.41. The number of rotatable bonds is 15. The van der Waals surface area contributed by atoms with E-state index < -0.39 is 0 Å². The molecule has 2 saturated heterocycles. The molecular weight excluding hydrogens is 897 g/mol. The number of aromatic nitrogens is 14. The first kappa shape index (κ1) is 43.7. The van der Waals surface area contributed by atoms with E-state index in [2.05, 4.69) is 90.7 Å². The average Bonchev–Trinajstić information content (AvgIpc) is 4.29. The van der Waals surface area contributed by atoms with E-state index in [-0.39, 0.29) is 6.61 Å². The van der Waals surface area contributed by atoms with Gasteiger partial charge < -0.3 is 29.1 Å². The fraction of sp³-hybridized carbons (Fsp3) is 0.294. The van der Waals surface area contributed by atoms with Gasteiger partial charge in [0.1, 0.15) is 19.0 Å². The lowest BCUT2D eigenvalue weighted by atomic mass is 10.1. The third kappa shape index (κ3) is 9.00. The molecule has 12 rings (SSSR count). The van der Waals surface area contributed by atoms with Gasteiger partial charge >= 0.3 is 0 Å². The van der Waals surface area contributed by atoms with Crippen LogP contribution in [0.3, 0.4) is 0 Å². The third-order valence-corrected chi connectivity index (χ3v) is 13.4. The van der Waals surface area contributed by atoms with E-state index in [9.17, 15) is 0 Å². The highest BCUT2D eigenvalue weighted by Gasteiger charge is 2.26. The molecule has 8 aromatic heterocycles. The lowest BCUT2D eigenvalue weighted by Gasteiger charge is -2.35. The average molecular weight is 951 g/mol. The number of aryl methyl sites for hydroxylation is 2. The van der Waals surface area contributed by atoms with Gasteiger partial charge in [-0.2, -0.15) is 30.4 Å². The fourth-order valence-corrected chi connectivity index (χ4v) is 9.56. The van der Waals surface area contributed by atoms with Gasteiger partial charge in [-0.05, 0) is 35.4 Å². The highest BCUT2D eigenvalue weighted by molar-refractivity contribution is 5.77. The van der Waals surface area contributed by atoms with E-state index in [0.717, 1.165) is 126 Å². The number of nitrogens with zero attached hydrogens (tertiary/aromatic N) is 18. The molecule has 10 heterocycles. The van der Waals surface area contributed by atoms with Crippen LogP contribution in [0.4, 0.5) is 23.3 Å². The van der Waals surface area contributed by atoms with Crippen molar-refractivity contribution in [1.29, 1.82) is 0 Å². The van der Waals surface area contributed by atoms with Crippen LogP contribution in [0.5, 0.6) is 5.75 Å². The first-order chi connectivity index (χ1) is 34.9. The smallest absolute Gasteiger partial charge is 0.245 e. The molecule has 0 atom stereocenters. The van der Waals surface area contributed by atoms with Crippen LogP contribution in [0, 0.1) is 0 Å². The molecule has 0 aliphatic carbocycles. The van der Waals surface area contributed by atoms with Gasteiger partial charge in [0.2, 0.25) is 11.9 Å². The SMILES string of the molecule is COCc1nc(N2CCN(c3cnn4cc(-c5cnn(C)c5)ccc34)CC2)nn1Cc1ccc(OCc2nc(N3CCN(c4cnn5cc(-c6cnn(C)c6)ccc45)CC3)nn2Cc2ccccc2)cc1. The number of fused-ring (bicyclic) bond motifs is 2. The van der Waals surface area contributed by atoms with Gasteiger partial charge in [-0.15, -0.1) is 10.2 Å². The fourth-order valence-electron chi connectivity index (χ4n) is 9.56. The predicted octanol–water partition coefficient (Wildman–Crippen LogP) is 5.44. The van der Waals surface area contributed by atoms with E-state index in [1.165, 1.54) is 0 Å². The van der Waals surface area contributed by atoms with Crippen LogP contribution < -0.4 is 24.3 Å². The zero-order chi connectivity index (χ0) is 47.8. The van der Waals surface area contributed by atoms with Gasteiger partial charge in [-0.3, -0.25) is 9.36 Å². The van der Waals surface area contributed by atoms with Crippen molar-refractivity contribution in [1.82, 2.24) is 68.3 Å². The maximum atomic E-state index is 6.41. The van der Waals surface area contributed by atoms with Gasteiger partial charge in [-0.1, -0.05) is 54.6 Å². The van der Waals surface area contributed by atoms with Crippen molar-refractivity contribution in [2.24, 2.45) is 14.1 Å². The van der Waals surface area contributed by atoms with E-state index in [4.69, 9.17) is 39.8 Å². The second-order valence-corrected chi connectivity index (χ2v) is 18.1. The largest absolute Gasteiger partial charge is 0.486 e. The van der Waals surface area contributed by atoms with Gasteiger partial charge in [0.05, 0.1) is 60.3 Å². The Balaban J connectivity index is 0.681. The van der Waals surface area contributed by atoms with E-state index in [1.807, 2.05) is 109 Å². The molecule has 0 spiro atoms. The summed E-state index contributed by atoms with van der Waals surface area (Å²) in [5.74, 6) is 3.70. The summed E-state index contributed by atoms with van der Waals surface area (Å²) < 4.78 is 23.4. The summed E-state index contributed by atoms with van der Waals surface area (Å²) in [4.78, 5) is 19.3. The Hall–Kier alpha value is -8.52. The monoisotopic (exact) mass is 950 g/mol. The molecule has 360 valence electrons. The molecule has 0 amide bonds. The Morgan fingerprint density at radius 3 is 1.42 bits per heavy atom. The minimum absolute atomic E-state index is 0.269. The molecule has 0 N–H and O–H groups in total. The van der Waals surface area contributed by atoms with Crippen molar-refractivity contribution in [2.45, 2.75) is 26.3 Å². The van der Waals surface area contributed by atoms with Gasteiger partial charge in [0.25, 0.3) is 0 Å². The maximum Gasteiger partial charge on any atom is 0.245 e. The summed E-state index contributed by atoms with van der Waals surface area (Å²) in [6, 6.07) is 27.1. The predicted molar refractivity (Wildman–Crippen MR) is 270 cm³/mol. The minimum atomic E-state index is 0.269. The Morgan fingerprint density at radius 1 is 0.465 bits per heavy atom. The number of hydrogen-bond acceptors (Lipinski definition) is 14. The molecule has 0 radical (unpaired) electrons. The molecule has 2 aromatic carbocycles. The summed E-state index contributed by atoms with van der Waals surface area (Å²) >= 11 is 0. The van der Waals surface area contributed by atoms with Crippen LogP contribution >= 0.6 is 0 Å². The number of pyridine rings is 2.